The van der Waals surface area contributed by atoms with Gasteiger partial charge in [0.15, 0.2) is 0 Å². The number of benzene rings is 1. The first-order valence-corrected chi connectivity index (χ1v) is 10.9. The van der Waals surface area contributed by atoms with Crippen LogP contribution in [0.3, 0.4) is 0 Å². The quantitative estimate of drug-likeness (QED) is 0.773. The lowest BCUT2D eigenvalue weighted by Crippen LogP contribution is -2.43. The van der Waals surface area contributed by atoms with E-state index in [2.05, 4.69) is 10.3 Å². The van der Waals surface area contributed by atoms with Gasteiger partial charge in [0.2, 0.25) is 15.9 Å². The molecule has 1 aliphatic heterocycles. The van der Waals surface area contributed by atoms with Gasteiger partial charge in [-0.2, -0.15) is 4.31 Å². The maximum atomic E-state index is 13.9. The van der Waals surface area contributed by atoms with Crippen LogP contribution in [0.2, 0.25) is 0 Å². The molecule has 0 radical (unpaired) electrons. The number of piperidine rings is 1. The summed E-state index contributed by atoms with van der Waals surface area (Å²) in [4.78, 5) is 18.4. The Balaban J connectivity index is 1.58. The van der Waals surface area contributed by atoms with E-state index in [-0.39, 0.29) is 29.8 Å². The van der Waals surface area contributed by atoms with Crippen molar-refractivity contribution in [2.24, 2.45) is 5.92 Å². The number of aromatic nitrogens is 1. The molecule has 0 saturated carbocycles. The van der Waals surface area contributed by atoms with Crippen LogP contribution in [-0.4, -0.2) is 50.8 Å². The van der Waals surface area contributed by atoms with Gasteiger partial charge in [0.1, 0.15) is 16.5 Å². The topological polar surface area (TPSA) is 82.6 Å². The fourth-order valence-corrected chi connectivity index (χ4v) is 4.98. The van der Waals surface area contributed by atoms with E-state index in [1.165, 1.54) is 22.5 Å². The zero-order valence-electron chi connectivity index (χ0n) is 16.5. The predicted molar refractivity (Wildman–Crippen MR) is 108 cm³/mol. The maximum Gasteiger partial charge on any atom is 0.245 e. The number of halogens is 1. The smallest absolute Gasteiger partial charge is 0.245 e. The highest BCUT2D eigenvalue weighted by atomic mass is 32.2. The van der Waals surface area contributed by atoms with E-state index in [0.29, 0.717) is 19.4 Å². The van der Waals surface area contributed by atoms with Crippen molar-refractivity contribution in [1.29, 1.82) is 0 Å². The molecule has 29 heavy (non-hydrogen) atoms. The molecule has 0 unspecified atom stereocenters. The van der Waals surface area contributed by atoms with Crippen molar-refractivity contribution in [3.8, 4) is 0 Å². The van der Waals surface area contributed by atoms with E-state index in [9.17, 15) is 17.6 Å². The van der Waals surface area contributed by atoms with Gasteiger partial charge in [-0.15, -0.1) is 0 Å². The predicted octanol–water partition coefficient (Wildman–Crippen LogP) is 2.00. The number of sulfonamides is 1. The van der Waals surface area contributed by atoms with Crippen LogP contribution in [-0.2, 0) is 21.4 Å². The highest BCUT2D eigenvalue weighted by Gasteiger charge is 2.33. The van der Waals surface area contributed by atoms with E-state index in [4.69, 9.17) is 0 Å². The second-order valence-corrected chi connectivity index (χ2v) is 9.11. The largest absolute Gasteiger partial charge is 0.362 e. The van der Waals surface area contributed by atoms with Gasteiger partial charge in [0.05, 0.1) is 0 Å². The maximum absolute atomic E-state index is 13.9. The number of carbonyl (C=O) groups excluding carboxylic acids is 1. The minimum atomic E-state index is -3.90. The van der Waals surface area contributed by atoms with Crippen LogP contribution in [0, 0.1) is 11.7 Å². The number of carbonyl (C=O) groups is 1. The van der Waals surface area contributed by atoms with E-state index < -0.39 is 15.8 Å². The molecule has 0 aliphatic carbocycles. The first-order valence-electron chi connectivity index (χ1n) is 9.44. The minimum Gasteiger partial charge on any atom is -0.362 e. The lowest BCUT2D eigenvalue weighted by molar-refractivity contribution is -0.126. The Bertz CT molecular complexity index is 973. The average molecular weight is 421 g/mol. The molecule has 2 heterocycles. The molecular weight excluding hydrogens is 395 g/mol. The van der Waals surface area contributed by atoms with E-state index >= 15 is 0 Å². The molecule has 0 bridgehead atoms. The third-order valence-electron chi connectivity index (χ3n) is 5.02. The summed E-state index contributed by atoms with van der Waals surface area (Å²) in [5.74, 6) is -0.359. The molecule has 9 heteroatoms. The molecule has 1 amide bonds. The average Bonchev–Trinajstić information content (AvgIpc) is 2.72. The summed E-state index contributed by atoms with van der Waals surface area (Å²) in [5, 5.41) is 2.92. The molecule has 0 atom stereocenters. The third kappa shape index (κ3) is 4.73. The van der Waals surface area contributed by atoms with Crippen molar-refractivity contribution in [3.05, 3.63) is 54.0 Å². The summed E-state index contributed by atoms with van der Waals surface area (Å²) >= 11 is 0. The Morgan fingerprint density at radius 1 is 1.21 bits per heavy atom. The van der Waals surface area contributed by atoms with Gasteiger partial charge in [-0.1, -0.05) is 18.2 Å². The summed E-state index contributed by atoms with van der Waals surface area (Å²) in [6, 6.07) is 9.07. The van der Waals surface area contributed by atoms with Crippen LogP contribution in [0.5, 0.6) is 0 Å². The molecule has 0 spiro atoms. The van der Waals surface area contributed by atoms with Crippen molar-refractivity contribution in [1.82, 2.24) is 14.6 Å². The molecule has 1 fully saturated rings. The Morgan fingerprint density at radius 3 is 2.55 bits per heavy atom. The zero-order valence-corrected chi connectivity index (χ0v) is 17.3. The number of nitrogens with zero attached hydrogens (tertiary/aromatic N) is 3. The number of amides is 1. The van der Waals surface area contributed by atoms with Crippen LogP contribution in [0.15, 0.2) is 47.5 Å². The molecular formula is C20H25FN4O3S. The highest BCUT2D eigenvalue weighted by molar-refractivity contribution is 7.89. The number of hydrogen-bond donors (Lipinski definition) is 1. The second kappa shape index (κ2) is 8.87. The SMILES string of the molecule is CN(C)c1ncccc1CNC(=O)C1CCN(S(=O)(=O)c2ccccc2F)CC1. The summed E-state index contributed by atoms with van der Waals surface area (Å²) in [6.45, 7) is 0.725. The van der Waals surface area contributed by atoms with E-state index in [0.717, 1.165) is 17.4 Å². The molecule has 1 saturated heterocycles. The highest BCUT2D eigenvalue weighted by Crippen LogP contribution is 2.25. The van der Waals surface area contributed by atoms with Crippen LogP contribution in [0.1, 0.15) is 18.4 Å². The van der Waals surface area contributed by atoms with Crippen molar-refractivity contribution in [3.63, 3.8) is 0 Å². The Labute approximate surface area is 170 Å². The zero-order chi connectivity index (χ0) is 21.0. The second-order valence-electron chi connectivity index (χ2n) is 7.21. The monoisotopic (exact) mass is 420 g/mol. The first kappa shape index (κ1) is 21.2. The molecule has 1 aromatic heterocycles. The number of hydrogen-bond acceptors (Lipinski definition) is 5. The van der Waals surface area contributed by atoms with Gasteiger partial charge in [0, 0.05) is 51.4 Å². The number of pyridine rings is 1. The molecule has 1 aromatic carbocycles. The summed E-state index contributed by atoms with van der Waals surface area (Å²) in [7, 11) is -0.123. The van der Waals surface area contributed by atoms with Crippen LogP contribution < -0.4 is 10.2 Å². The van der Waals surface area contributed by atoms with Crippen molar-refractivity contribution in [2.45, 2.75) is 24.3 Å². The van der Waals surface area contributed by atoms with Crippen molar-refractivity contribution in [2.75, 3.05) is 32.1 Å². The summed E-state index contributed by atoms with van der Waals surface area (Å²) < 4.78 is 40.5. The van der Waals surface area contributed by atoms with Gasteiger partial charge >= 0.3 is 0 Å². The minimum absolute atomic E-state index is 0.110. The van der Waals surface area contributed by atoms with Gasteiger partial charge in [-0.05, 0) is 31.0 Å². The lowest BCUT2D eigenvalue weighted by atomic mass is 9.97. The van der Waals surface area contributed by atoms with E-state index in [1.54, 1.807) is 6.20 Å². The molecule has 1 aliphatic rings. The number of nitrogens with one attached hydrogen (secondary N) is 1. The van der Waals surface area contributed by atoms with Crippen LogP contribution >= 0.6 is 0 Å². The number of rotatable bonds is 6. The normalized spacial score (nSPS) is 15.8. The molecule has 7 nitrogen and oxygen atoms in total. The standard InChI is InChI=1S/C20H25FN4O3S/c1-24(2)19-16(6-5-11-22-19)14-23-20(26)15-9-12-25(13-10-15)29(27,28)18-8-4-3-7-17(18)21/h3-8,11,15H,9-10,12-14H2,1-2H3,(H,23,26). The third-order valence-corrected chi connectivity index (χ3v) is 6.96. The van der Waals surface area contributed by atoms with E-state index in [1.807, 2.05) is 31.1 Å². The molecule has 3 rings (SSSR count). The van der Waals surface area contributed by atoms with Crippen molar-refractivity contribution >= 4 is 21.7 Å². The van der Waals surface area contributed by atoms with Gasteiger partial charge in [0.25, 0.3) is 0 Å². The van der Waals surface area contributed by atoms with Crippen LogP contribution in [0.25, 0.3) is 0 Å². The number of anilines is 1. The van der Waals surface area contributed by atoms with Crippen LogP contribution in [0.4, 0.5) is 10.2 Å². The fraction of sp³-hybridized carbons (Fsp3) is 0.400. The Kier molecular flexibility index (Phi) is 6.49. The summed E-state index contributed by atoms with van der Waals surface area (Å²) in [5.41, 5.74) is 0.908. The molecule has 2 aromatic rings. The molecule has 1 N–H and O–H groups in total. The van der Waals surface area contributed by atoms with Crippen molar-refractivity contribution < 1.29 is 17.6 Å². The Morgan fingerprint density at radius 2 is 1.90 bits per heavy atom. The first-order chi connectivity index (χ1) is 13.8. The Hall–Kier alpha value is -2.52. The van der Waals surface area contributed by atoms with Gasteiger partial charge in [-0.25, -0.2) is 17.8 Å². The summed E-state index contributed by atoms with van der Waals surface area (Å²) in [6.07, 6.45) is 2.49. The fourth-order valence-electron chi connectivity index (χ4n) is 3.45. The van der Waals surface area contributed by atoms with Gasteiger partial charge in [-0.3, -0.25) is 4.79 Å². The lowest BCUT2D eigenvalue weighted by Gasteiger charge is -2.30. The van der Waals surface area contributed by atoms with Gasteiger partial charge < -0.3 is 10.2 Å². The molecule has 156 valence electrons.